The Labute approximate surface area is 185 Å². The third-order valence-electron chi connectivity index (χ3n) is 5.99. The molecule has 1 atom stereocenters. The number of likely N-dealkylation sites (tertiary alicyclic amines) is 1. The molecule has 7 nitrogen and oxygen atoms in total. The van der Waals surface area contributed by atoms with Crippen LogP contribution in [0.4, 0.5) is 0 Å². The number of hydrogen-bond donors (Lipinski definition) is 2. The summed E-state index contributed by atoms with van der Waals surface area (Å²) < 4.78 is 1.94. The molecule has 2 aromatic rings. The Hall–Kier alpha value is -2.83. The minimum absolute atomic E-state index is 0.247. The van der Waals surface area contributed by atoms with Gasteiger partial charge in [-0.25, -0.2) is 0 Å². The number of aliphatic imine (C=N–C) groups is 1. The molecular formula is C24H36N6O. The van der Waals surface area contributed by atoms with E-state index in [2.05, 4.69) is 48.6 Å². The summed E-state index contributed by atoms with van der Waals surface area (Å²) in [4.78, 5) is 19.2. The maximum Gasteiger partial charge on any atom is 0.223 e. The van der Waals surface area contributed by atoms with E-state index in [9.17, 15) is 4.79 Å². The van der Waals surface area contributed by atoms with Crippen LogP contribution in [-0.2, 0) is 24.7 Å². The first-order valence-electron chi connectivity index (χ1n) is 11.3. The van der Waals surface area contributed by atoms with E-state index in [0.29, 0.717) is 13.0 Å². The third kappa shape index (κ3) is 6.32. The molecule has 1 aromatic heterocycles. The predicted octanol–water partition coefficient (Wildman–Crippen LogP) is 2.23. The van der Waals surface area contributed by atoms with Gasteiger partial charge in [0, 0.05) is 57.8 Å². The van der Waals surface area contributed by atoms with Crippen LogP contribution < -0.4 is 10.6 Å². The van der Waals surface area contributed by atoms with E-state index >= 15 is 0 Å². The van der Waals surface area contributed by atoms with Crippen molar-refractivity contribution in [1.82, 2.24) is 25.3 Å². The zero-order chi connectivity index (χ0) is 22.2. The van der Waals surface area contributed by atoms with Crippen molar-refractivity contribution >= 4 is 11.9 Å². The lowest BCUT2D eigenvalue weighted by Crippen LogP contribution is -2.38. The standard InChI is InChI=1S/C24H36N6O/c1-5-25-24(26-13-11-22-18(2)28-29(4)19(22)3)27-16-21-15-23(31)30(17-21)14-12-20-9-7-6-8-10-20/h6-10,21H,5,11-17H2,1-4H3,(H2,25,26,27). The normalized spacial score (nSPS) is 16.8. The summed E-state index contributed by atoms with van der Waals surface area (Å²) in [6, 6.07) is 10.3. The average Bonchev–Trinajstić information content (AvgIpc) is 3.24. The van der Waals surface area contributed by atoms with E-state index in [1.165, 1.54) is 16.8 Å². The zero-order valence-corrected chi connectivity index (χ0v) is 19.3. The van der Waals surface area contributed by atoms with Gasteiger partial charge in [0.25, 0.3) is 0 Å². The molecule has 0 saturated carbocycles. The molecule has 1 aliphatic heterocycles. The van der Waals surface area contributed by atoms with Crippen LogP contribution in [0.5, 0.6) is 0 Å². The van der Waals surface area contributed by atoms with Gasteiger partial charge in [-0.05, 0) is 44.7 Å². The van der Waals surface area contributed by atoms with E-state index in [1.54, 1.807) is 0 Å². The molecule has 31 heavy (non-hydrogen) atoms. The Kier molecular flexibility index (Phi) is 8.09. The van der Waals surface area contributed by atoms with Crippen LogP contribution in [-0.4, -0.2) is 59.3 Å². The summed E-state index contributed by atoms with van der Waals surface area (Å²) >= 11 is 0. The number of guanidine groups is 1. The molecule has 0 bridgehead atoms. The van der Waals surface area contributed by atoms with Crippen molar-refractivity contribution in [2.75, 3.05) is 32.7 Å². The highest BCUT2D eigenvalue weighted by molar-refractivity contribution is 5.80. The summed E-state index contributed by atoms with van der Waals surface area (Å²) in [5, 5.41) is 11.2. The highest BCUT2D eigenvalue weighted by Crippen LogP contribution is 2.18. The molecular weight excluding hydrogens is 388 g/mol. The van der Waals surface area contributed by atoms with Gasteiger partial charge in [0.2, 0.25) is 5.91 Å². The number of hydrogen-bond acceptors (Lipinski definition) is 3. The largest absolute Gasteiger partial charge is 0.357 e. The number of aryl methyl sites for hydroxylation is 2. The summed E-state index contributed by atoms with van der Waals surface area (Å²) in [5.41, 5.74) is 4.86. The van der Waals surface area contributed by atoms with Crippen molar-refractivity contribution in [2.45, 2.75) is 40.0 Å². The molecule has 168 valence electrons. The Morgan fingerprint density at radius 3 is 2.65 bits per heavy atom. The van der Waals surface area contributed by atoms with Crippen LogP contribution in [0.2, 0.25) is 0 Å². The topological polar surface area (TPSA) is 74.6 Å². The lowest BCUT2D eigenvalue weighted by molar-refractivity contribution is -0.127. The van der Waals surface area contributed by atoms with E-state index < -0.39 is 0 Å². The van der Waals surface area contributed by atoms with Crippen LogP contribution in [0.1, 0.15) is 35.9 Å². The highest BCUT2D eigenvalue weighted by atomic mass is 16.2. The highest BCUT2D eigenvalue weighted by Gasteiger charge is 2.29. The molecule has 1 unspecified atom stereocenters. The Balaban J connectivity index is 1.47. The van der Waals surface area contributed by atoms with Crippen molar-refractivity contribution in [3.63, 3.8) is 0 Å². The van der Waals surface area contributed by atoms with Gasteiger partial charge in [-0.2, -0.15) is 5.10 Å². The molecule has 1 amide bonds. The summed E-state index contributed by atoms with van der Waals surface area (Å²) in [6.07, 6.45) is 2.40. The molecule has 2 N–H and O–H groups in total. The number of carbonyl (C=O) groups excluding carboxylic acids is 1. The predicted molar refractivity (Wildman–Crippen MR) is 125 cm³/mol. The Morgan fingerprint density at radius 2 is 1.97 bits per heavy atom. The maximum atomic E-state index is 12.4. The molecule has 1 aromatic carbocycles. The first kappa shape index (κ1) is 22.8. The summed E-state index contributed by atoms with van der Waals surface area (Å²) in [7, 11) is 1.98. The van der Waals surface area contributed by atoms with Gasteiger partial charge in [0.1, 0.15) is 0 Å². The van der Waals surface area contributed by atoms with Crippen LogP contribution in [0.15, 0.2) is 35.3 Å². The number of nitrogens with one attached hydrogen (secondary N) is 2. The second kappa shape index (κ2) is 11.0. The summed E-state index contributed by atoms with van der Waals surface area (Å²) in [5.74, 6) is 1.34. The van der Waals surface area contributed by atoms with Gasteiger partial charge in [-0.3, -0.25) is 14.5 Å². The van der Waals surface area contributed by atoms with Gasteiger partial charge in [0.05, 0.1) is 5.69 Å². The van der Waals surface area contributed by atoms with Crippen molar-refractivity contribution in [3.05, 3.63) is 52.8 Å². The number of benzene rings is 1. The second-order valence-electron chi connectivity index (χ2n) is 8.31. The fourth-order valence-electron chi connectivity index (χ4n) is 4.15. The van der Waals surface area contributed by atoms with Crippen molar-refractivity contribution < 1.29 is 4.79 Å². The lowest BCUT2D eigenvalue weighted by atomic mass is 10.1. The first-order valence-corrected chi connectivity index (χ1v) is 11.3. The van der Waals surface area contributed by atoms with Gasteiger partial charge in [-0.15, -0.1) is 0 Å². The first-order chi connectivity index (χ1) is 15.0. The Bertz CT molecular complexity index is 889. The summed E-state index contributed by atoms with van der Waals surface area (Å²) in [6.45, 7) is 10.1. The molecule has 1 saturated heterocycles. The van der Waals surface area contributed by atoms with Crippen LogP contribution in [0, 0.1) is 19.8 Å². The second-order valence-corrected chi connectivity index (χ2v) is 8.31. The maximum absolute atomic E-state index is 12.4. The monoisotopic (exact) mass is 424 g/mol. The third-order valence-corrected chi connectivity index (χ3v) is 5.99. The molecule has 1 fully saturated rings. The van der Waals surface area contributed by atoms with E-state index in [4.69, 9.17) is 4.99 Å². The van der Waals surface area contributed by atoms with E-state index in [-0.39, 0.29) is 11.8 Å². The number of nitrogens with zero attached hydrogens (tertiary/aromatic N) is 4. The molecule has 2 heterocycles. The van der Waals surface area contributed by atoms with Crippen LogP contribution in [0.25, 0.3) is 0 Å². The van der Waals surface area contributed by atoms with E-state index in [1.807, 2.05) is 34.8 Å². The van der Waals surface area contributed by atoms with Crippen molar-refractivity contribution in [1.29, 1.82) is 0 Å². The molecule has 7 heteroatoms. The van der Waals surface area contributed by atoms with Crippen LogP contribution in [0.3, 0.4) is 0 Å². The Morgan fingerprint density at radius 1 is 1.19 bits per heavy atom. The van der Waals surface area contributed by atoms with Gasteiger partial charge >= 0.3 is 0 Å². The molecule has 1 aliphatic rings. The minimum atomic E-state index is 0.247. The number of rotatable bonds is 9. The van der Waals surface area contributed by atoms with Crippen molar-refractivity contribution in [3.8, 4) is 0 Å². The molecule has 0 spiro atoms. The fourth-order valence-corrected chi connectivity index (χ4v) is 4.15. The van der Waals surface area contributed by atoms with Gasteiger partial charge in [0.15, 0.2) is 5.96 Å². The molecule has 3 rings (SSSR count). The quantitative estimate of drug-likeness (QED) is 0.478. The number of carbonyl (C=O) groups is 1. The minimum Gasteiger partial charge on any atom is -0.357 e. The van der Waals surface area contributed by atoms with E-state index in [0.717, 1.165) is 50.7 Å². The average molecular weight is 425 g/mol. The fraction of sp³-hybridized carbons (Fsp3) is 0.542. The zero-order valence-electron chi connectivity index (χ0n) is 19.3. The SMILES string of the molecule is CCNC(=NCC1CC(=O)N(CCc2ccccc2)C1)NCCc1c(C)nn(C)c1C. The number of amides is 1. The smallest absolute Gasteiger partial charge is 0.223 e. The van der Waals surface area contributed by atoms with Crippen molar-refractivity contribution in [2.24, 2.45) is 18.0 Å². The molecule has 0 aliphatic carbocycles. The lowest BCUT2D eigenvalue weighted by Gasteiger charge is -2.16. The molecule has 0 radical (unpaired) electrons. The van der Waals surface area contributed by atoms with Crippen LogP contribution >= 0.6 is 0 Å². The van der Waals surface area contributed by atoms with Gasteiger partial charge < -0.3 is 15.5 Å². The van der Waals surface area contributed by atoms with Gasteiger partial charge in [-0.1, -0.05) is 30.3 Å². The number of aromatic nitrogens is 2.